The van der Waals surface area contributed by atoms with Crippen LogP contribution >= 0.6 is 11.6 Å². The van der Waals surface area contributed by atoms with Gasteiger partial charge in [0, 0.05) is 42.5 Å². The second-order valence-electron chi connectivity index (χ2n) is 12.1. The Hall–Kier alpha value is -4.16. The molecule has 5 rings (SSSR count). The van der Waals surface area contributed by atoms with Gasteiger partial charge in [0.05, 0.1) is 12.0 Å². The Bertz CT molecular complexity index is 1880. The zero-order valence-electron chi connectivity index (χ0n) is 27.1. The van der Waals surface area contributed by atoms with E-state index >= 15 is 4.39 Å². The van der Waals surface area contributed by atoms with E-state index in [-0.39, 0.29) is 35.8 Å². The first-order chi connectivity index (χ1) is 23.5. The van der Waals surface area contributed by atoms with Crippen molar-refractivity contribution in [2.45, 2.75) is 55.1 Å². The lowest BCUT2D eigenvalue weighted by Gasteiger charge is -2.40. The molecule has 49 heavy (non-hydrogen) atoms. The minimum atomic E-state index is -3.84. The molecule has 1 aliphatic rings. The van der Waals surface area contributed by atoms with Crippen LogP contribution in [0.5, 0.6) is 0 Å². The lowest BCUT2D eigenvalue weighted by atomic mass is 9.81. The molecule has 0 saturated carbocycles. The molecule has 1 heterocycles. The Morgan fingerprint density at radius 2 is 1.67 bits per heavy atom. The summed E-state index contributed by atoms with van der Waals surface area (Å²) in [5, 5.41) is 6.37. The van der Waals surface area contributed by atoms with E-state index in [0.717, 1.165) is 0 Å². The number of carbonyl (C=O) groups is 2. The Morgan fingerprint density at radius 3 is 2.37 bits per heavy atom. The number of methoxy groups -OCH3 is 1. The van der Waals surface area contributed by atoms with Gasteiger partial charge in [-0.15, -0.1) is 0 Å². The predicted octanol–water partition coefficient (Wildman–Crippen LogP) is 6.27. The van der Waals surface area contributed by atoms with E-state index in [4.69, 9.17) is 16.3 Å². The van der Waals surface area contributed by atoms with Gasteiger partial charge in [-0.3, -0.25) is 4.79 Å². The third-order valence-electron chi connectivity index (χ3n) is 8.82. The topological polar surface area (TPSA) is 105 Å². The zero-order valence-corrected chi connectivity index (χ0v) is 28.7. The fourth-order valence-corrected chi connectivity index (χ4v) is 8.51. The Kier molecular flexibility index (Phi) is 11.8. The van der Waals surface area contributed by atoms with E-state index in [2.05, 4.69) is 10.6 Å². The Balaban J connectivity index is 1.45. The highest BCUT2D eigenvalue weighted by Gasteiger charge is 2.38. The molecule has 1 aliphatic heterocycles. The number of piperazine rings is 1. The summed E-state index contributed by atoms with van der Waals surface area (Å²) in [5.74, 6) is -2.37. The van der Waals surface area contributed by atoms with Gasteiger partial charge in [-0.05, 0) is 84.5 Å². The molecule has 2 N–H and O–H groups in total. The summed E-state index contributed by atoms with van der Waals surface area (Å²) in [6.07, 6.45) is -0.709. The molecule has 0 radical (unpaired) electrons. The lowest BCUT2D eigenvalue weighted by molar-refractivity contribution is -0.120. The number of benzene rings is 4. The number of nitrogens with zero attached hydrogens (tertiary/aromatic N) is 1. The highest BCUT2D eigenvalue weighted by Crippen LogP contribution is 2.32. The summed E-state index contributed by atoms with van der Waals surface area (Å²) in [4.78, 5) is 27.0. The third-order valence-corrected chi connectivity index (χ3v) is 11.1. The minimum absolute atomic E-state index is 0.148. The molecule has 0 aliphatic carbocycles. The second kappa shape index (κ2) is 16.0. The van der Waals surface area contributed by atoms with Crippen LogP contribution in [0.4, 0.5) is 13.6 Å². The standard InChI is InChI=1S/C37H38ClF2N3O5S/c1-24-22-41-23-30(43(24)49(46,47)31-11-4-3-5-12-31)18-19-32-26(8-7-13-33(32)40)21-34(44)36(42-37(45)48-2)35(25-14-16-28(38)17-15-25)27-9-6-10-29(39)20-27/h3-17,20,24,30,35-36,41H,18-19,21-23H2,1-2H3,(H,42,45)/t24-,30+,35+,36-/m1/s1. The summed E-state index contributed by atoms with van der Waals surface area (Å²) >= 11 is 6.14. The quantitative estimate of drug-likeness (QED) is 0.180. The van der Waals surface area contributed by atoms with Crippen LogP contribution in [0.1, 0.15) is 41.5 Å². The van der Waals surface area contributed by atoms with E-state index < -0.39 is 51.5 Å². The van der Waals surface area contributed by atoms with Crippen LogP contribution in [0.15, 0.2) is 102 Å². The predicted molar refractivity (Wildman–Crippen MR) is 184 cm³/mol. The van der Waals surface area contributed by atoms with Crippen LogP contribution in [0.3, 0.4) is 0 Å². The fourth-order valence-electron chi connectivity index (χ4n) is 6.52. The van der Waals surface area contributed by atoms with Crippen molar-refractivity contribution in [2.75, 3.05) is 20.2 Å². The molecule has 4 atom stereocenters. The molecule has 0 bridgehead atoms. The van der Waals surface area contributed by atoms with Gasteiger partial charge in [0.25, 0.3) is 0 Å². The van der Waals surface area contributed by atoms with Gasteiger partial charge in [0.2, 0.25) is 10.0 Å². The van der Waals surface area contributed by atoms with Gasteiger partial charge >= 0.3 is 6.09 Å². The normalized spacial score (nSPS) is 18.0. The molecular formula is C37H38ClF2N3O5S. The maximum Gasteiger partial charge on any atom is 0.407 e. The van der Waals surface area contributed by atoms with Crippen molar-refractivity contribution in [3.05, 3.63) is 136 Å². The van der Waals surface area contributed by atoms with E-state index in [1.54, 1.807) is 66.7 Å². The molecule has 0 unspecified atom stereocenters. The molecule has 8 nitrogen and oxygen atoms in total. The average molecular weight is 710 g/mol. The molecule has 1 fully saturated rings. The highest BCUT2D eigenvalue weighted by molar-refractivity contribution is 7.89. The molecule has 1 amide bonds. The van der Waals surface area contributed by atoms with E-state index in [9.17, 15) is 22.4 Å². The molecule has 0 spiro atoms. The van der Waals surface area contributed by atoms with E-state index in [0.29, 0.717) is 34.8 Å². The average Bonchev–Trinajstić information content (AvgIpc) is 3.08. The highest BCUT2D eigenvalue weighted by atomic mass is 35.5. The minimum Gasteiger partial charge on any atom is -0.453 e. The molecule has 4 aromatic carbocycles. The Labute approximate surface area is 290 Å². The van der Waals surface area contributed by atoms with Crippen molar-refractivity contribution in [3.63, 3.8) is 0 Å². The molecule has 12 heteroatoms. The SMILES string of the molecule is COC(=O)N[C@H](C(=O)Cc1cccc(F)c1CC[C@H]1CNC[C@@H](C)N1S(=O)(=O)c1ccccc1)[C@@H](c1ccc(Cl)cc1)c1cccc(F)c1. The molecule has 0 aromatic heterocycles. The number of amides is 1. The van der Waals surface area contributed by atoms with Crippen LogP contribution in [-0.2, 0) is 32.4 Å². The van der Waals surface area contributed by atoms with Crippen molar-refractivity contribution >= 4 is 33.5 Å². The second-order valence-corrected chi connectivity index (χ2v) is 14.3. The smallest absolute Gasteiger partial charge is 0.407 e. The van der Waals surface area contributed by atoms with Crippen molar-refractivity contribution in [1.82, 2.24) is 14.9 Å². The number of halogens is 3. The number of carbonyl (C=O) groups excluding carboxylic acids is 2. The molecular weight excluding hydrogens is 672 g/mol. The summed E-state index contributed by atoms with van der Waals surface area (Å²) in [6, 6.07) is 23.0. The number of ketones is 1. The van der Waals surface area contributed by atoms with Gasteiger partial charge in [-0.25, -0.2) is 22.0 Å². The van der Waals surface area contributed by atoms with Gasteiger partial charge in [-0.2, -0.15) is 4.31 Å². The lowest BCUT2D eigenvalue weighted by Crippen LogP contribution is -2.58. The Morgan fingerprint density at radius 1 is 0.959 bits per heavy atom. The largest absolute Gasteiger partial charge is 0.453 e. The first-order valence-electron chi connectivity index (χ1n) is 15.9. The van der Waals surface area contributed by atoms with Crippen molar-refractivity contribution in [2.24, 2.45) is 0 Å². The molecule has 258 valence electrons. The summed E-state index contributed by atoms with van der Waals surface area (Å²) < 4.78 is 63.9. The number of ether oxygens (including phenoxy) is 1. The maximum atomic E-state index is 15.6. The van der Waals surface area contributed by atoms with Crippen LogP contribution in [0, 0.1) is 11.6 Å². The number of rotatable bonds is 12. The van der Waals surface area contributed by atoms with E-state index in [1.807, 2.05) is 6.92 Å². The summed E-state index contributed by atoms with van der Waals surface area (Å²) in [6.45, 7) is 2.67. The van der Waals surface area contributed by atoms with Gasteiger partial charge in [0.1, 0.15) is 17.7 Å². The zero-order chi connectivity index (χ0) is 35.1. The number of hydrogen-bond acceptors (Lipinski definition) is 6. The van der Waals surface area contributed by atoms with Gasteiger partial charge in [0.15, 0.2) is 5.78 Å². The van der Waals surface area contributed by atoms with Crippen LogP contribution in [0.25, 0.3) is 0 Å². The number of alkyl carbamates (subject to hydrolysis) is 1. The third kappa shape index (κ3) is 8.53. The van der Waals surface area contributed by atoms with E-state index in [1.165, 1.54) is 41.7 Å². The van der Waals surface area contributed by atoms with Gasteiger partial charge < -0.3 is 15.4 Å². The summed E-state index contributed by atoms with van der Waals surface area (Å²) in [5.41, 5.74) is 1.68. The fraction of sp³-hybridized carbons (Fsp3) is 0.297. The molecule has 1 saturated heterocycles. The number of nitrogens with one attached hydrogen (secondary N) is 2. The van der Waals surface area contributed by atoms with Crippen molar-refractivity contribution in [3.8, 4) is 0 Å². The number of sulfonamides is 1. The first kappa shape index (κ1) is 36.1. The van der Waals surface area contributed by atoms with Crippen LogP contribution < -0.4 is 10.6 Å². The van der Waals surface area contributed by atoms with Crippen molar-refractivity contribution < 1.29 is 31.5 Å². The number of hydrogen-bond donors (Lipinski definition) is 2. The molecule has 4 aromatic rings. The maximum absolute atomic E-state index is 15.6. The summed E-state index contributed by atoms with van der Waals surface area (Å²) in [7, 11) is -2.67. The van der Waals surface area contributed by atoms with Crippen molar-refractivity contribution in [1.29, 1.82) is 0 Å². The first-order valence-corrected chi connectivity index (χ1v) is 17.7. The van der Waals surface area contributed by atoms with Crippen LogP contribution in [0.2, 0.25) is 5.02 Å². The number of Topliss-reactive ketones (excluding diaryl/α,β-unsaturated/α-hetero) is 1. The monoisotopic (exact) mass is 709 g/mol. The van der Waals surface area contributed by atoms with Crippen LogP contribution in [-0.4, -0.2) is 62.9 Å². The van der Waals surface area contributed by atoms with Gasteiger partial charge in [-0.1, -0.05) is 66.2 Å².